The average Bonchev–Trinajstić information content (AvgIpc) is 3.53. The summed E-state index contributed by atoms with van der Waals surface area (Å²) in [5, 5.41) is 51.1. The molecule has 4 bridgehead atoms. The molecule has 0 aromatic heterocycles. The summed E-state index contributed by atoms with van der Waals surface area (Å²) in [6.07, 6.45) is 5.10. The van der Waals surface area contributed by atoms with Crippen molar-refractivity contribution in [3.05, 3.63) is 70.8 Å². The van der Waals surface area contributed by atoms with Gasteiger partial charge in [-0.2, -0.15) is 0 Å². The number of carbonyl (C=O) groups is 1. The Labute approximate surface area is 254 Å². The zero-order valence-electron chi connectivity index (χ0n) is 24.4. The highest BCUT2D eigenvalue weighted by Gasteiger charge is 2.76. The van der Waals surface area contributed by atoms with Crippen molar-refractivity contribution in [1.82, 2.24) is 10.2 Å². The molecule has 9 heteroatoms. The van der Waals surface area contributed by atoms with Gasteiger partial charge in [0.1, 0.15) is 6.10 Å². The zero-order valence-corrected chi connectivity index (χ0v) is 24.4. The van der Waals surface area contributed by atoms with Gasteiger partial charge < -0.3 is 35.2 Å². The summed E-state index contributed by atoms with van der Waals surface area (Å²) in [5.74, 6) is -0.0644. The molecule has 2 saturated heterocycles. The van der Waals surface area contributed by atoms with E-state index in [0.717, 1.165) is 34.4 Å². The number of piperidine rings is 2. The second-order valence-corrected chi connectivity index (χ2v) is 14.5. The van der Waals surface area contributed by atoms with Crippen LogP contribution in [0.15, 0.2) is 48.6 Å². The number of aliphatic hydroxyl groups is 2. The maximum Gasteiger partial charge on any atom is 0.181 e. The lowest BCUT2D eigenvalue weighted by Gasteiger charge is -2.64. The van der Waals surface area contributed by atoms with Crippen LogP contribution < -0.4 is 14.8 Å². The molecule has 4 aliphatic carbocycles. The van der Waals surface area contributed by atoms with Crippen LogP contribution in [0.1, 0.15) is 47.9 Å². The first-order chi connectivity index (χ1) is 21.2. The SMILES string of the molecule is C=CCN1CC[C@]23c4c5ccc(O)c4OC2C(C2C[C@@]4(O)C6Cc7ccc(O)c8c7[C@@]4(CCN6)C(O8)C2=O)=CC[C@@]3(O)C1C5. The van der Waals surface area contributed by atoms with Crippen LogP contribution in [0.25, 0.3) is 0 Å². The Morgan fingerprint density at radius 2 is 1.64 bits per heavy atom. The van der Waals surface area contributed by atoms with Crippen molar-refractivity contribution in [3.63, 3.8) is 0 Å². The normalized spacial score (nSPS) is 43.4. The number of rotatable bonds is 3. The number of phenolic OH excluding ortho intramolecular Hbond substituents is 2. The van der Waals surface area contributed by atoms with Gasteiger partial charge in [0.05, 0.1) is 22.0 Å². The van der Waals surface area contributed by atoms with Crippen LogP contribution in [-0.2, 0) is 28.5 Å². The Kier molecular flexibility index (Phi) is 4.64. The number of benzene rings is 2. The Bertz CT molecular complexity index is 1750. The lowest BCUT2D eigenvalue weighted by atomic mass is 9.45. The first-order valence-corrected chi connectivity index (χ1v) is 16.0. The minimum Gasteiger partial charge on any atom is -0.504 e. The van der Waals surface area contributed by atoms with E-state index < -0.39 is 40.2 Å². The summed E-state index contributed by atoms with van der Waals surface area (Å²) in [5.41, 5.74) is 0.237. The lowest BCUT2D eigenvalue weighted by Crippen LogP contribution is -2.78. The van der Waals surface area contributed by atoms with E-state index in [1.165, 1.54) is 0 Å². The van der Waals surface area contributed by atoms with Crippen molar-refractivity contribution in [2.45, 2.75) is 84.8 Å². The molecule has 44 heavy (non-hydrogen) atoms. The molecule has 2 aromatic rings. The minimum absolute atomic E-state index is 0.00541. The number of nitrogens with zero attached hydrogens (tertiary/aromatic N) is 1. The largest absolute Gasteiger partial charge is 0.504 e. The molecule has 3 fully saturated rings. The van der Waals surface area contributed by atoms with Crippen LogP contribution in [0.3, 0.4) is 0 Å². The van der Waals surface area contributed by atoms with E-state index in [1.54, 1.807) is 12.1 Å². The number of nitrogens with one attached hydrogen (secondary N) is 1. The number of hydrogen-bond donors (Lipinski definition) is 5. The van der Waals surface area contributed by atoms with E-state index >= 15 is 0 Å². The fourth-order valence-corrected chi connectivity index (χ4v) is 11.5. The maximum absolute atomic E-state index is 14.8. The first-order valence-electron chi connectivity index (χ1n) is 16.0. The second-order valence-electron chi connectivity index (χ2n) is 14.5. The Balaban J connectivity index is 1.14. The number of likely N-dealkylation sites (tertiary alicyclic amines) is 1. The van der Waals surface area contributed by atoms with E-state index in [4.69, 9.17) is 9.47 Å². The lowest BCUT2D eigenvalue weighted by molar-refractivity contribution is -0.179. The monoisotopic (exact) mass is 596 g/mol. The molecule has 2 aromatic carbocycles. The Morgan fingerprint density at radius 3 is 2.36 bits per heavy atom. The number of hydrogen-bond acceptors (Lipinski definition) is 9. The summed E-state index contributed by atoms with van der Waals surface area (Å²) >= 11 is 0. The number of ether oxygens (including phenoxy) is 2. The van der Waals surface area contributed by atoms with Crippen LogP contribution in [0.2, 0.25) is 0 Å². The topological polar surface area (TPSA) is 132 Å². The predicted octanol–water partition coefficient (Wildman–Crippen LogP) is 1.91. The van der Waals surface area contributed by atoms with E-state index in [9.17, 15) is 25.2 Å². The molecule has 5 N–H and O–H groups in total. The van der Waals surface area contributed by atoms with Gasteiger partial charge in [0.2, 0.25) is 0 Å². The van der Waals surface area contributed by atoms with Crippen molar-refractivity contribution in [2.75, 3.05) is 19.6 Å². The van der Waals surface area contributed by atoms with Crippen molar-refractivity contribution < 1.29 is 34.7 Å². The van der Waals surface area contributed by atoms with E-state index in [1.807, 2.05) is 24.3 Å². The minimum atomic E-state index is -1.30. The number of carbonyl (C=O) groups excluding carboxylic acids is 1. The molecule has 4 heterocycles. The van der Waals surface area contributed by atoms with Crippen LogP contribution in [0, 0.1) is 5.92 Å². The summed E-state index contributed by atoms with van der Waals surface area (Å²) in [4.78, 5) is 17.1. The van der Waals surface area contributed by atoms with Crippen LogP contribution in [-0.4, -0.2) is 86.2 Å². The molecule has 10 rings (SSSR count). The fraction of sp³-hybridized carbons (Fsp3) is 0.514. The number of phenols is 2. The molecule has 9 nitrogen and oxygen atoms in total. The quantitative estimate of drug-likeness (QED) is 0.337. The van der Waals surface area contributed by atoms with Gasteiger partial charge in [-0.1, -0.05) is 24.3 Å². The van der Waals surface area contributed by atoms with Gasteiger partial charge >= 0.3 is 0 Å². The summed E-state index contributed by atoms with van der Waals surface area (Å²) in [6.45, 7) is 5.98. The molecule has 0 amide bonds. The Hall–Kier alpha value is -3.37. The third-order valence-electron chi connectivity index (χ3n) is 13.2. The molecular formula is C35H36N2O7. The van der Waals surface area contributed by atoms with Crippen LogP contribution in [0.4, 0.5) is 0 Å². The van der Waals surface area contributed by atoms with Crippen molar-refractivity contribution >= 4 is 5.78 Å². The summed E-state index contributed by atoms with van der Waals surface area (Å²) in [7, 11) is 0. The molecule has 228 valence electrons. The summed E-state index contributed by atoms with van der Waals surface area (Å²) in [6, 6.07) is 6.69. The highest BCUT2D eigenvalue weighted by molar-refractivity contribution is 5.94. The number of aromatic hydroxyl groups is 2. The van der Waals surface area contributed by atoms with Gasteiger partial charge in [0.25, 0.3) is 0 Å². The van der Waals surface area contributed by atoms with Gasteiger partial charge in [-0.05, 0) is 73.9 Å². The summed E-state index contributed by atoms with van der Waals surface area (Å²) < 4.78 is 13.2. The zero-order chi connectivity index (χ0) is 30.0. The van der Waals surface area contributed by atoms with Gasteiger partial charge in [0.15, 0.2) is 34.9 Å². The highest BCUT2D eigenvalue weighted by atomic mass is 16.5. The number of ketones is 1. The molecule has 5 unspecified atom stereocenters. The van der Waals surface area contributed by atoms with E-state index in [2.05, 4.69) is 16.8 Å². The fourth-order valence-electron chi connectivity index (χ4n) is 11.5. The van der Waals surface area contributed by atoms with Gasteiger partial charge in [-0.25, -0.2) is 0 Å². The predicted molar refractivity (Wildman–Crippen MR) is 158 cm³/mol. The van der Waals surface area contributed by atoms with Crippen molar-refractivity contribution in [3.8, 4) is 23.0 Å². The van der Waals surface area contributed by atoms with Gasteiger partial charge in [0, 0.05) is 42.2 Å². The van der Waals surface area contributed by atoms with E-state index in [-0.39, 0.29) is 35.8 Å². The van der Waals surface area contributed by atoms with Crippen LogP contribution >= 0.6 is 0 Å². The molecular weight excluding hydrogens is 560 g/mol. The maximum atomic E-state index is 14.8. The molecule has 1 saturated carbocycles. The molecule has 8 aliphatic rings. The standard InChI is InChI=1S/C35H36N2O7/c1-2-12-37-13-10-33-26-18-4-6-21(38)28(26)43-30(33)19(7-8-34(33,41)24(37)15-18)20-16-35(42)23-14-17-3-5-22(39)29-25(17)32(35,9-11-36-23)31(44-29)27(20)40/h2-7,20,23-24,30-31,36,38-39,41-42H,1,8-16H2/t20?,23?,24?,30?,31?,32-,33-,34+,35+/m0/s1. The van der Waals surface area contributed by atoms with Crippen LogP contribution in [0.5, 0.6) is 23.0 Å². The van der Waals surface area contributed by atoms with Crippen molar-refractivity contribution in [1.29, 1.82) is 0 Å². The first kappa shape index (κ1) is 25.9. The smallest absolute Gasteiger partial charge is 0.181 e. The van der Waals surface area contributed by atoms with Crippen molar-refractivity contribution in [2.24, 2.45) is 5.92 Å². The molecule has 2 spiro atoms. The average molecular weight is 597 g/mol. The van der Waals surface area contributed by atoms with E-state index in [0.29, 0.717) is 56.7 Å². The molecule has 4 aliphatic heterocycles. The highest BCUT2D eigenvalue weighted by Crippen LogP contribution is 2.69. The third kappa shape index (κ3) is 2.51. The second kappa shape index (κ2) is 7.88. The number of Topliss-reactive ketones (excluding diaryl/α,β-unsaturated/α-hetero) is 1. The van der Waals surface area contributed by atoms with Gasteiger partial charge in [-0.15, -0.1) is 6.58 Å². The molecule has 0 radical (unpaired) electrons. The van der Waals surface area contributed by atoms with Gasteiger partial charge in [-0.3, -0.25) is 9.69 Å². The third-order valence-corrected chi connectivity index (χ3v) is 13.2. The molecule has 9 atom stereocenters. The Morgan fingerprint density at radius 1 is 0.955 bits per heavy atom.